The predicted octanol–water partition coefficient (Wildman–Crippen LogP) is 1.86. The Morgan fingerprint density at radius 1 is 1.07 bits per heavy atom. The number of ether oxygens (including phenoxy) is 2. The lowest BCUT2D eigenvalue weighted by Crippen LogP contribution is -2.50. The van der Waals surface area contributed by atoms with E-state index >= 15 is 0 Å². The molecule has 2 heterocycles. The highest BCUT2D eigenvalue weighted by Crippen LogP contribution is 2.27. The van der Waals surface area contributed by atoms with E-state index in [2.05, 4.69) is 9.88 Å². The fourth-order valence-corrected chi connectivity index (χ4v) is 3.37. The molecule has 4 rings (SSSR count). The van der Waals surface area contributed by atoms with Crippen molar-refractivity contribution in [3.63, 3.8) is 0 Å². The molecular weight excluding hydrogens is 362 g/mol. The number of benzene rings is 2. The van der Waals surface area contributed by atoms with E-state index < -0.39 is 5.76 Å². The van der Waals surface area contributed by atoms with E-state index in [1.165, 1.54) is 0 Å². The van der Waals surface area contributed by atoms with E-state index in [1.54, 1.807) is 30.2 Å². The summed E-state index contributed by atoms with van der Waals surface area (Å²) in [6.07, 6.45) is 0. The highest BCUT2D eigenvalue weighted by molar-refractivity contribution is 5.86. The summed E-state index contributed by atoms with van der Waals surface area (Å²) in [6.45, 7) is 2.39. The summed E-state index contributed by atoms with van der Waals surface area (Å²) in [7, 11) is 1.57. The molecule has 1 amide bonds. The summed E-state index contributed by atoms with van der Waals surface area (Å²) in [4.78, 5) is 30.5. The largest absolute Gasteiger partial charge is 0.493 e. The standard InChI is InChI=1S/C20H21N3O5/c1-26-16-7-2-3-8-17(16)27-13-18(24)23-11-9-22(10-12-23)15-6-4-5-14-19(15)28-20(25)21-14/h2-8H,9-13H2,1H3,(H,21,25). The summed E-state index contributed by atoms with van der Waals surface area (Å²) in [5, 5.41) is 0. The minimum Gasteiger partial charge on any atom is -0.493 e. The van der Waals surface area contributed by atoms with Gasteiger partial charge >= 0.3 is 5.76 Å². The van der Waals surface area contributed by atoms with Gasteiger partial charge in [-0.2, -0.15) is 0 Å². The van der Waals surface area contributed by atoms with E-state index in [4.69, 9.17) is 13.9 Å². The summed E-state index contributed by atoms with van der Waals surface area (Å²) >= 11 is 0. The molecule has 0 saturated carbocycles. The van der Waals surface area contributed by atoms with Crippen LogP contribution in [0.15, 0.2) is 51.7 Å². The lowest BCUT2D eigenvalue weighted by atomic mass is 10.2. The number of nitrogens with zero attached hydrogens (tertiary/aromatic N) is 2. The van der Waals surface area contributed by atoms with Crippen LogP contribution in [0.1, 0.15) is 0 Å². The molecule has 0 unspecified atom stereocenters. The second-order valence-electron chi connectivity index (χ2n) is 6.48. The first kappa shape index (κ1) is 18.0. The number of piperazine rings is 1. The third-order valence-corrected chi connectivity index (χ3v) is 4.82. The second-order valence-corrected chi connectivity index (χ2v) is 6.48. The number of nitrogens with one attached hydrogen (secondary N) is 1. The molecule has 1 aromatic heterocycles. The van der Waals surface area contributed by atoms with Crippen LogP contribution in [0.3, 0.4) is 0 Å². The first-order valence-corrected chi connectivity index (χ1v) is 9.06. The van der Waals surface area contributed by atoms with Crippen LogP contribution in [0.2, 0.25) is 0 Å². The SMILES string of the molecule is COc1ccccc1OCC(=O)N1CCN(c2cccc3[nH]c(=O)oc23)CC1. The molecule has 0 radical (unpaired) electrons. The number of amides is 1. The Kier molecular flexibility index (Phi) is 4.92. The van der Waals surface area contributed by atoms with Crippen LogP contribution in [0.25, 0.3) is 11.1 Å². The molecular formula is C20H21N3O5. The number of methoxy groups -OCH3 is 1. The van der Waals surface area contributed by atoms with Gasteiger partial charge in [-0.3, -0.25) is 9.78 Å². The van der Waals surface area contributed by atoms with Crippen LogP contribution in [-0.2, 0) is 4.79 Å². The highest BCUT2D eigenvalue weighted by atomic mass is 16.5. The Morgan fingerprint density at radius 3 is 2.57 bits per heavy atom. The number of fused-ring (bicyclic) bond motifs is 1. The summed E-state index contributed by atoms with van der Waals surface area (Å²) in [5.74, 6) is 0.606. The average Bonchev–Trinajstić information content (AvgIpc) is 3.12. The number of rotatable bonds is 5. The Balaban J connectivity index is 1.37. The molecule has 0 atom stereocenters. The zero-order chi connectivity index (χ0) is 19.5. The van der Waals surface area contributed by atoms with Crippen molar-refractivity contribution in [2.45, 2.75) is 0 Å². The maximum absolute atomic E-state index is 12.5. The number of anilines is 1. The monoisotopic (exact) mass is 383 g/mol. The van der Waals surface area contributed by atoms with Gasteiger partial charge in [0, 0.05) is 26.2 Å². The zero-order valence-electron chi connectivity index (χ0n) is 15.5. The summed E-state index contributed by atoms with van der Waals surface area (Å²) in [6, 6.07) is 12.8. The zero-order valence-corrected chi connectivity index (χ0v) is 15.5. The number of oxazole rings is 1. The Labute approximate surface area is 161 Å². The molecule has 1 aliphatic rings. The molecule has 3 aromatic rings. The van der Waals surface area contributed by atoms with E-state index in [1.807, 2.05) is 24.3 Å². The van der Waals surface area contributed by atoms with E-state index in [9.17, 15) is 9.59 Å². The number of hydrogen-bond donors (Lipinski definition) is 1. The van der Waals surface area contributed by atoms with Gasteiger partial charge in [-0.25, -0.2) is 4.79 Å². The van der Waals surface area contributed by atoms with E-state index in [-0.39, 0.29) is 12.5 Å². The molecule has 8 nitrogen and oxygen atoms in total. The first-order valence-electron chi connectivity index (χ1n) is 9.06. The molecule has 1 fully saturated rings. The summed E-state index contributed by atoms with van der Waals surface area (Å²) < 4.78 is 16.1. The number of hydrogen-bond acceptors (Lipinski definition) is 6. The van der Waals surface area contributed by atoms with Crippen molar-refractivity contribution >= 4 is 22.7 Å². The van der Waals surface area contributed by atoms with Crippen molar-refractivity contribution in [3.05, 3.63) is 53.0 Å². The van der Waals surface area contributed by atoms with Crippen molar-refractivity contribution in [1.29, 1.82) is 0 Å². The van der Waals surface area contributed by atoms with Gasteiger partial charge in [0.1, 0.15) is 0 Å². The number of carbonyl (C=O) groups is 1. The van der Waals surface area contributed by atoms with Gasteiger partial charge < -0.3 is 23.7 Å². The van der Waals surface area contributed by atoms with Crippen molar-refractivity contribution in [3.8, 4) is 11.5 Å². The van der Waals surface area contributed by atoms with E-state index in [0.29, 0.717) is 48.8 Å². The molecule has 1 aliphatic heterocycles. The Hall–Kier alpha value is -3.42. The Bertz CT molecular complexity index is 1030. The molecule has 0 bridgehead atoms. The minimum atomic E-state index is -0.468. The van der Waals surface area contributed by atoms with Crippen LogP contribution in [-0.4, -0.2) is 55.7 Å². The van der Waals surface area contributed by atoms with Crippen LogP contribution in [0.5, 0.6) is 11.5 Å². The van der Waals surface area contributed by atoms with Gasteiger partial charge in [0.15, 0.2) is 23.7 Å². The van der Waals surface area contributed by atoms with Gasteiger partial charge in [-0.05, 0) is 24.3 Å². The van der Waals surface area contributed by atoms with Gasteiger partial charge in [-0.15, -0.1) is 0 Å². The second kappa shape index (κ2) is 7.67. The maximum Gasteiger partial charge on any atom is 0.417 e. The van der Waals surface area contributed by atoms with Crippen LogP contribution < -0.4 is 20.1 Å². The van der Waals surface area contributed by atoms with Gasteiger partial charge in [-0.1, -0.05) is 18.2 Å². The Morgan fingerprint density at radius 2 is 1.82 bits per heavy atom. The number of aromatic amines is 1. The average molecular weight is 383 g/mol. The normalized spacial score (nSPS) is 14.3. The van der Waals surface area contributed by atoms with Gasteiger partial charge in [0.25, 0.3) is 5.91 Å². The van der Waals surface area contributed by atoms with E-state index in [0.717, 1.165) is 5.69 Å². The van der Waals surface area contributed by atoms with Crippen molar-refractivity contribution in [1.82, 2.24) is 9.88 Å². The molecule has 0 aliphatic carbocycles. The lowest BCUT2D eigenvalue weighted by Gasteiger charge is -2.35. The van der Waals surface area contributed by atoms with Crippen LogP contribution in [0.4, 0.5) is 5.69 Å². The molecule has 146 valence electrons. The van der Waals surface area contributed by atoms with Crippen LogP contribution in [0, 0.1) is 0 Å². The smallest absolute Gasteiger partial charge is 0.417 e. The quantitative estimate of drug-likeness (QED) is 0.724. The summed E-state index contributed by atoms with van der Waals surface area (Å²) in [5.41, 5.74) is 2.08. The predicted molar refractivity (Wildman–Crippen MR) is 104 cm³/mol. The fraction of sp³-hybridized carbons (Fsp3) is 0.300. The third kappa shape index (κ3) is 3.53. The topological polar surface area (TPSA) is 88.0 Å². The van der Waals surface area contributed by atoms with Crippen molar-refractivity contribution in [2.24, 2.45) is 0 Å². The maximum atomic E-state index is 12.5. The van der Waals surface area contributed by atoms with Gasteiger partial charge in [0.2, 0.25) is 0 Å². The lowest BCUT2D eigenvalue weighted by molar-refractivity contribution is -0.133. The number of para-hydroxylation sites is 3. The fourth-order valence-electron chi connectivity index (χ4n) is 3.37. The molecule has 2 aromatic carbocycles. The first-order chi connectivity index (χ1) is 13.7. The molecule has 1 saturated heterocycles. The number of H-pyrrole nitrogens is 1. The third-order valence-electron chi connectivity index (χ3n) is 4.82. The van der Waals surface area contributed by atoms with Crippen molar-refractivity contribution < 1.29 is 18.7 Å². The number of aromatic nitrogens is 1. The van der Waals surface area contributed by atoms with Gasteiger partial charge in [0.05, 0.1) is 18.3 Å². The molecule has 1 N–H and O–H groups in total. The molecule has 28 heavy (non-hydrogen) atoms. The van der Waals surface area contributed by atoms with Crippen LogP contribution >= 0.6 is 0 Å². The van der Waals surface area contributed by atoms with Crippen molar-refractivity contribution in [2.75, 3.05) is 44.8 Å². The number of carbonyl (C=O) groups excluding carboxylic acids is 1. The minimum absolute atomic E-state index is 0.0390. The highest BCUT2D eigenvalue weighted by Gasteiger charge is 2.23. The molecule has 8 heteroatoms. The molecule has 0 spiro atoms.